The van der Waals surface area contributed by atoms with Gasteiger partial charge >= 0.3 is 0 Å². The van der Waals surface area contributed by atoms with Crippen LogP contribution in [0.2, 0.25) is 10.0 Å². The van der Waals surface area contributed by atoms with Gasteiger partial charge in [-0.2, -0.15) is 0 Å². The van der Waals surface area contributed by atoms with Gasteiger partial charge in [0.25, 0.3) is 0 Å². The minimum Gasteiger partial charge on any atom is -0.345 e. The van der Waals surface area contributed by atoms with Crippen molar-refractivity contribution in [1.29, 1.82) is 0 Å². The molecule has 0 radical (unpaired) electrons. The first kappa shape index (κ1) is 18.3. The van der Waals surface area contributed by atoms with Gasteiger partial charge in [-0.3, -0.25) is 0 Å². The zero-order valence-corrected chi connectivity index (χ0v) is 17.4. The van der Waals surface area contributed by atoms with E-state index in [2.05, 4.69) is 19.8 Å². The van der Waals surface area contributed by atoms with E-state index in [1.165, 1.54) is 28.7 Å². The summed E-state index contributed by atoms with van der Waals surface area (Å²) >= 11 is 15.3. The number of thiazole rings is 2. The number of piperazine rings is 1. The third-order valence-corrected chi connectivity index (χ3v) is 7.60. The standard InChI is InChI=1S/C18H12Cl2F2N4S2/c19-10-1-2-11(20)16-14(10)23-18(28-16)26-5-3-25(4-6-26)17-24-15-12(22)7-9(21)8-13(15)27-17/h1-2,7-8H,3-6H2. The number of aromatic nitrogens is 2. The first-order valence-corrected chi connectivity index (χ1v) is 10.9. The molecular formula is C18H12Cl2F2N4S2. The van der Waals surface area contributed by atoms with E-state index in [1.807, 2.05) is 0 Å². The lowest BCUT2D eigenvalue weighted by Gasteiger charge is -2.34. The third-order valence-electron chi connectivity index (χ3n) is 4.66. The molecule has 4 aromatic rings. The monoisotopic (exact) mass is 456 g/mol. The van der Waals surface area contributed by atoms with Crippen LogP contribution in [0.4, 0.5) is 19.0 Å². The highest BCUT2D eigenvalue weighted by Crippen LogP contribution is 2.38. The molecule has 3 heterocycles. The molecule has 0 bridgehead atoms. The minimum atomic E-state index is -0.626. The molecule has 4 nitrogen and oxygen atoms in total. The summed E-state index contributed by atoms with van der Waals surface area (Å²) in [4.78, 5) is 13.3. The molecule has 10 heteroatoms. The zero-order valence-electron chi connectivity index (χ0n) is 14.3. The van der Waals surface area contributed by atoms with Crippen LogP contribution >= 0.6 is 45.9 Å². The number of hydrogen-bond donors (Lipinski definition) is 0. The summed E-state index contributed by atoms with van der Waals surface area (Å²) in [5.41, 5.74) is 0.944. The molecular weight excluding hydrogens is 445 g/mol. The topological polar surface area (TPSA) is 32.3 Å². The van der Waals surface area contributed by atoms with E-state index in [-0.39, 0.29) is 5.52 Å². The third kappa shape index (κ3) is 3.08. The van der Waals surface area contributed by atoms with Crippen molar-refractivity contribution in [3.63, 3.8) is 0 Å². The van der Waals surface area contributed by atoms with E-state index in [4.69, 9.17) is 23.2 Å². The zero-order chi connectivity index (χ0) is 19.4. The van der Waals surface area contributed by atoms with Crippen LogP contribution in [0.5, 0.6) is 0 Å². The van der Waals surface area contributed by atoms with E-state index in [1.54, 1.807) is 12.1 Å². The second-order valence-electron chi connectivity index (χ2n) is 6.41. The molecule has 0 saturated carbocycles. The summed E-state index contributed by atoms with van der Waals surface area (Å²) in [6.07, 6.45) is 0. The van der Waals surface area contributed by atoms with E-state index < -0.39 is 11.6 Å². The minimum absolute atomic E-state index is 0.222. The molecule has 2 aromatic carbocycles. The molecule has 144 valence electrons. The predicted molar refractivity (Wildman–Crippen MR) is 114 cm³/mol. The number of nitrogens with zero attached hydrogens (tertiary/aromatic N) is 4. The molecule has 1 fully saturated rings. The number of fused-ring (bicyclic) bond motifs is 2. The maximum Gasteiger partial charge on any atom is 0.186 e. The molecule has 1 aliphatic rings. The van der Waals surface area contributed by atoms with Crippen molar-refractivity contribution in [1.82, 2.24) is 9.97 Å². The Morgan fingerprint density at radius 3 is 2.11 bits per heavy atom. The summed E-state index contributed by atoms with van der Waals surface area (Å²) in [5, 5.41) is 2.81. The number of rotatable bonds is 2. The Hall–Kier alpha value is -1.74. The van der Waals surface area contributed by atoms with Crippen molar-refractivity contribution in [2.24, 2.45) is 0 Å². The van der Waals surface area contributed by atoms with Crippen LogP contribution in [0.1, 0.15) is 0 Å². The van der Waals surface area contributed by atoms with Crippen molar-refractivity contribution in [3.05, 3.63) is 45.9 Å². The molecule has 5 rings (SSSR count). The van der Waals surface area contributed by atoms with Gasteiger partial charge in [0.05, 0.1) is 19.4 Å². The highest BCUT2D eigenvalue weighted by atomic mass is 35.5. The summed E-state index contributed by atoms with van der Waals surface area (Å²) in [6, 6.07) is 5.72. The molecule has 0 spiro atoms. The van der Waals surface area contributed by atoms with Crippen molar-refractivity contribution < 1.29 is 8.78 Å². The van der Waals surface area contributed by atoms with Crippen molar-refractivity contribution in [2.75, 3.05) is 36.0 Å². The quantitative estimate of drug-likeness (QED) is 0.380. The van der Waals surface area contributed by atoms with Crippen LogP contribution in [-0.4, -0.2) is 36.1 Å². The Labute approximate surface area is 176 Å². The highest BCUT2D eigenvalue weighted by Gasteiger charge is 2.23. The lowest BCUT2D eigenvalue weighted by atomic mass is 10.3. The van der Waals surface area contributed by atoms with Crippen LogP contribution in [0.15, 0.2) is 24.3 Å². The molecule has 2 aromatic heterocycles. The van der Waals surface area contributed by atoms with Crippen LogP contribution in [0.25, 0.3) is 20.4 Å². The van der Waals surface area contributed by atoms with Gasteiger partial charge in [-0.05, 0) is 18.2 Å². The van der Waals surface area contributed by atoms with Gasteiger partial charge in [-0.25, -0.2) is 18.7 Å². The Kier molecular flexibility index (Phi) is 4.54. The van der Waals surface area contributed by atoms with Crippen molar-refractivity contribution in [2.45, 2.75) is 0 Å². The smallest absolute Gasteiger partial charge is 0.186 e. The highest BCUT2D eigenvalue weighted by molar-refractivity contribution is 7.23. The first-order valence-electron chi connectivity index (χ1n) is 8.49. The lowest BCUT2D eigenvalue weighted by molar-refractivity contribution is 0.591. The first-order chi connectivity index (χ1) is 13.5. The summed E-state index contributed by atoms with van der Waals surface area (Å²) in [7, 11) is 0. The Bertz CT molecular complexity index is 1160. The van der Waals surface area contributed by atoms with Gasteiger partial charge in [0.2, 0.25) is 0 Å². The Morgan fingerprint density at radius 1 is 0.821 bits per heavy atom. The maximum atomic E-state index is 13.9. The Balaban J connectivity index is 1.37. The van der Waals surface area contributed by atoms with E-state index in [0.717, 1.165) is 34.5 Å². The van der Waals surface area contributed by atoms with Gasteiger partial charge in [0, 0.05) is 32.2 Å². The van der Waals surface area contributed by atoms with Gasteiger partial charge in [0.1, 0.15) is 16.9 Å². The summed E-state index contributed by atoms with van der Waals surface area (Å²) < 4.78 is 28.8. The van der Waals surface area contributed by atoms with Gasteiger partial charge in [-0.1, -0.05) is 45.9 Å². The second-order valence-corrected chi connectivity index (χ2v) is 9.21. The van der Waals surface area contributed by atoms with Gasteiger partial charge in [-0.15, -0.1) is 0 Å². The molecule has 0 unspecified atom stereocenters. The average Bonchev–Trinajstić information content (AvgIpc) is 3.30. The fourth-order valence-corrected chi connectivity index (χ4v) is 5.87. The number of hydrogen-bond acceptors (Lipinski definition) is 6. The van der Waals surface area contributed by atoms with E-state index >= 15 is 0 Å². The van der Waals surface area contributed by atoms with E-state index in [9.17, 15) is 8.78 Å². The lowest BCUT2D eigenvalue weighted by Crippen LogP contribution is -2.46. The number of benzene rings is 2. The number of anilines is 2. The van der Waals surface area contributed by atoms with Crippen LogP contribution in [-0.2, 0) is 0 Å². The fraction of sp³-hybridized carbons (Fsp3) is 0.222. The molecule has 0 atom stereocenters. The second kappa shape index (κ2) is 6.95. The van der Waals surface area contributed by atoms with Crippen LogP contribution < -0.4 is 9.80 Å². The Morgan fingerprint density at radius 2 is 1.43 bits per heavy atom. The number of halogens is 4. The van der Waals surface area contributed by atoms with Crippen molar-refractivity contribution >= 4 is 76.6 Å². The molecule has 0 amide bonds. The van der Waals surface area contributed by atoms with Crippen LogP contribution in [0, 0.1) is 11.6 Å². The van der Waals surface area contributed by atoms with Gasteiger partial charge < -0.3 is 9.80 Å². The van der Waals surface area contributed by atoms with Gasteiger partial charge in [0.15, 0.2) is 16.1 Å². The molecule has 0 aliphatic carbocycles. The molecule has 1 saturated heterocycles. The van der Waals surface area contributed by atoms with Crippen LogP contribution in [0.3, 0.4) is 0 Å². The summed E-state index contributed by atoms with van der Waals surface area (Å²) in [6.45, 7) is 2.90. The fourth-order valence-electron chi connectivity index (χ4n) is 3.24. The molecule has 1 aliphatic heterocycles. The summed E-state index contributed by atoms with van der Waals surface area (Å²) in [5.74, 6) is -1.21. The molecule has 0 N–H and O–H groups in total. The average molecular weight is 457 g/mol. The van der Waals surface area contributed by atoms with Crippen molar-refractivity contribution in [3.8, 4) is 0 Å². The maximum absolute atomic E-state index is 13.9. The SMILES string of the molecule is Fc1cc(F)c2nc(N3CCN(c4nc5c(Cl)ccc(Cl)c5s4)CC3)sc2c1. The largest absolute Gasteiger partial charge is 0.345 e. The normalized spacial score (nSPS) is 15.1. The predicted octanol–water partition coefficient (Wildman–Crippen LogP) is 5.82. The van der Waals surface area contributed by atoms with E-state index in [0.29, 0.717) is 33.0 Å². The molecule has 28 heavy (non-hydrogen) atoms.